The Morgan fingerprint density at radius 3 is 2.68 bits per heavy atom. The molecule has 0 spiro atoms. The Labute approximate surface area is 120 Å². The highest BCUT2D eigenvalue weighted by Gasteiger charge is 2.26. The van der Waals surface area contributed by atoms with Gasteiger partial charge in [-0.2, -0.15) is 0 Å². The van der Waals surface area contributed by atoms with Crippen LogP contribution in [-0.2, 0) is 13.1 Å². The first kappa shape index (κ1) is 14.9. The summed E-state index contributed by atoms with van der Waals surface area (Å²) in [6.07, 6.45) is 5.02. The largest absolute Gasteiger partial charge is 0.324 e. The summed E-state index contributed by atoms with van der Waals surface area (Å²) in [5.74, 6) is 2.61. The molecule has 5 heteroatoms. The monoisotopic (exact) mass is 282 g/mol. The van der Waals surface area contributed by atoms with Crippen LogP contribution in [0, 0.1) is 11.8 Å². The molecule has 0 aliphatic heterocycles. The van der Waals surface area contributed by atoms with Crippen LogP contribution in [0.3, 0.4) is 0 Å². The van der Waals surface area contributed by atoms with E-state index in [2.05, 4.69) is 35.5 Å². The fourth-order valence-corrected chi connectivity index (χ4v) is 4.12. The molecule has 1 saturated carbocycles. The average molecular weight is 282 g/mol. The van der Waals surface area contributed by atoms with Crippen LogP contribution in [0.5, 0.6) is 0 Å². The van der Waals surface area contributed by atoms with Crippen LogP contribution < -0.4 is 5.73 Å². The van der Waals surface area contributed by atoms with Gasteiger partial charge in [0.15, 0.2) is 5.16 Å². The summed E-state index contributed by atoms with van der Waals surface area (Å²) in [5, 5.41) is 10.3. The fourth-order valence-electron chi connectivity index (χ4n) is 2.76. The first-order valence-electron chi connectivity index (χ1n) is 7.44. The number of rotatable bonds is 5. The lowest BCUT2D eigenvalue weighted by molar-refractivity contribution is 0.283. The van der Waals surface area contributed by atoms with E-state index in [-0.39, 0.29) is 0 Å². The number of hydrogen-bond acceptors (Lipinski definition) is 4. The summed E-state index contributed by atoms with van der Waals surface area (Å²) >= 11 is 1.91. The predicted octanol–water partition coefficient (Wildman–Crippen LogP) is 3.06. The molecule has 0 amide bonds. The maximum absolute atomic E-state index is 5.74. The van der Waals surface area contributed by atoms with E-state index < -0.39 is 0 Å². The van der Waals surface area contributed by atoms with E-state index in [9.17, 15) is 0 Å². The van der Waals surface area contributed by atoms with Gasteiger partial charge in [-0.25, -0.2) is 0 Å². The van der Waals surface area contributed by atoms with Crippen molar-refractivity contribution in [2.75, 3.05) is 0 Å². The Hall–Kier alpha value is -0.550. The number of nitrogens with zero attached hydrogens (tertiary/aromatic N) is 3. The first-order valence-corrected chi connectivity index (χ1v) is 8.32. The molecule has 1 heterocycles. The molecule has 4 nitrogen and oxygen atoms in total. The van der Waals surface area contributed by atoms with E-state index >= 15 is 0 Å². The SMILES string of the molecule is CCCn1c(CN)nnc1SC1CCC(C)C(C)C1. The standard InChI is InChI=1S/C14H26N4S/c1-4-7-18-13(9-15)16-17-14(18)19-12-6-5-10(2)11(3)8-12/h10-12H,4-9,15H2,1-3H3. The van der Waals surface area contributed by atoms with Gasteiger partial charge < -0.3 is 10.3 Å². The highest BCUT2D eigenvalue weighted by Crippen LogP contribution is 2.38. The second-order valence-corrected chi connectivity index (χ2v) is 7.03. The van der Waals surface area contributed by atoms with E-state index in [4.69, 9.17) is 5.73 Å². The molecular weight excluding hydrogens is 256 g/mol. The molecule has 0 radical (unpaired) electrons. The lowest BCUT2D eigenvalue weighted by Gasteiger charge is -2.31. The molecule has 0 aromatic carbocycles. The molecule has 3 atom stereocenters. The van der Waals surface area contributed by atoms with Crippen LogP contribution in [0.2, 0.25) is 0 Å². The molecular formula is C14H26N4S. The second-order valence-electron chi connectivity index (χ2n) is 5.76. The van der Waals surface area contributed by atoms with Crippen molar-refractivity contribution in [1.29, 1.82) is 0 Å². The van der Waals surface area contributed by atoms with Gasteiger partial charge in [-0.05, 0) is 37.5 Å². The van der Waals surface area contributed by atoms with Crippen molar-refractivity contribution in [2.24, 2.45) is 17.6 Å². The number of hydrogen-bond donors (Lipinski definition) is 1. The highest BCUT2D eigenvalue weighted by atomic mass is 32.2. The van der Waals surface area contributed by atoms with Gasteiger partial charge in [0.05, 0.1) is 6.54 Å². The van der Waals surface area contributed by atoms with Crippen molar-refractivity contribution in [3.05, 3.63) is 5.82 Å². The summed E-state index contributed by atoms with van der Waals surface area (Å²) in [6, 6.07) is 0. The minimum Gasteiger partial charge on any atom is -0.324 e. The van der Waals surface area contributed by atoms with Gasteiger partial charge in [0, 0.05) is 11.8 Å². The Bertz CT molecular complexity index is 404. The van der Waals surface area contributed by atoms with Crippen LogP contribution in [0.1, 0.15) is 52.3 Å². The second kappa shape index (κ2) is 6.75. The third-order valence-electron chi connectivity index (χ3n) is 4.25. The summed E-state index contributed by atoms with van der Waals surface area (Å²) < 4.78 is 2.20. The van der Waals surface area contributed by atoms with E-state index in [0.717, 1.165) is 35.8 Å². The van der Waals surface area contributed by atoms with Crippen molar-refractivity contribution in [3.63, 3.8) is 0 Å². The van der Waals surface area contributed by atoms with Gasteiger partial charge >= 0.3 is 0 Å². The number of nitrogens with two attached hydrogens (primary N) is 1. The zero-order valence-corrected chi connectivity index (χ0v) is 13.1. The van der Waals surface area contributed by atoms with Crippen molar-refractivity contribution in [3.8, 4) is 0 Å². The van der Waals surface area contributed by atoms with Gasteiger partial charge in [0.2, 0.25) is 0 Å². The van der Waals surface area contributed by atoms with Crippen molar-refractivity contribution in [1.82, 2.24) is 14.8 Å². The number of aromatic nitrogens is 3. The van der Waals surface area contributed by atoms with E-state index in [1.165, 1.54) is 19.3 Å². The minimum absolute atomic E-state index is 0.478. The smallest absolute Gasteiger partial charge is 0.191 e. The third kappa shape index (κ3) is 3.51. The highest BCUT2D eigenvalue weighted by molar-refractivity contribution is 7.99. The molecule has 1 aromatic rings. The van der Waals surface area contributed by atoms with Crippen LogP contribution in [0.15, 0.2) is 5.16 Å². The predicted molar refractivity (Wildman–Crippen MR) is 80.0 cm³/mol. The van der Waals surface area contributed by atoms with Gasteiger partial charge in [0.25, 0.3) is 0 Å². The van der Waals surface area contributed by atoms with Crippen LogP contribution >= 0.6 is 11.8 Å². The van der Waals surface area contributed by atoms with Gasteiger partial charge in [-0.1, -0.05) is 32.5 Å². The van der Waals surface area contributed by atoms with Crippen molar-refractivity contribution in [2.45, 2.75) is 70.0 Å². The quantitative estimate of drug-likeness (QED) is 0.901. The molecule has 2 rings (SSSR count). The molecule has 1 aliphatic rings. The first-order chi connectivity index (χ1) is 9.15. The maximum atomic E-state index is 5.74. The molecule has 1 aromatic heterocycles. The van der Waals surface area contributed by atoms with Crippen molar-refractivity contribution >= 4 is 11.8 Å². The Morgan fingerprint density at radius 1 is 1.26 bits per heavy atom. The zero-order chi connectivity index (χ0) is 13.8. The van der Waals surface area contributed by atoms with Gasteiger partial charge in [-0.3, -0.25) is 0 Å². The average Bonchev–Trinajstić information content (AvgIpc) is 2.77. The maximum Gasteiger partial charge on any atom is 0.191 e. The van der Waals surface area contributed by atoms with Gasteiger partial charge in [-0.15, -0.1) is 10.2 Å². The molecule has 1 fully saturated rings. The molecule has 19 heavy (non-hydrogen) atoms. The molecule has 1 aliphatic carbocycles. The molecule has 3 unspecified atom stereocenters. The summed E-state index contributed by atoms with van der Waals surface area (Å²) in [7, 11) is 0. The third-order valence-corrected chi connectivity index (χ3v) is 5.52. The fraction of sp³-hybridized carbons (Fsp3) is 0.857. The van der Waals surface area contributed by atoms with E-state index in [0.29, 0.717) is 11.8 Å². The van der Waals surface area contributed by atoms with Crippen LogP contribution in [0.25, 0.3) is 0 Å². The minimum atomic E-state index is 0.478. The zero-order valence-electron chi connectivity index (χ0n) is 12.3. The summed E-state index contributed by atoms with van der Waals surface area (Å²) in [5.41, 5.74) is 5.74. The van der Waals surface area contributed by atoms with Crippen LogP contribution in [0.4, 0.5) is 0 Å². The molecule has 2 N–H and O–H groups in total. The molecule has 0 saturated heterocycles. The van der Waals surface area contributed by atoms with Crippen LogP contribution in [-0.4, -0.2) is 20.0 Å². The lowest BCUT2D eigenvalue weighted by Crippen LogP contribution is -2.22. The van der Waals surface area contributed by atoms with Gasteiger partial charge in [0.1, 0.15) is 5.82 Å². The number of thioether (sulfide) groups is 1. The Kier molecular flexibility index (Phi) is 5.28. The molecule has 0 bridgehead atoms. The topological polar surface area (TPSA) is 56.7 Å². The Balaban J connectivity index is 2.04. The van der Waals surface area contributed by atoms with Crippen molar-refractivity contribution < 1.29 is 0 Å². The Morgan fingerprint density at radius 2 is 2.05 bits per heavy atom. The summed E-state index contributed by atoms with van der Waals surface area (Å²) in [4.78, 5) is 0. The molecule has 108 valence electrons. The van der Waals surface area contributed by atoms with E-state index in [1.54, 1.807) is 0 Å². The lowest BCUT2D eigenvalue weighted by atomic mass is 9.81. The van der Waals surface area contributed by atoms with E-state index in [1.807, 2.05) is 11.8 Å². The summed E-state index contributed by atoms with van der Waals surface area (Å²) in [6.45, 7) is 8.38. The normalized spacial score (nSPS) is 27.7.